The Morgan fingerprint density at radius 3 is 2.54 bits per heavy atom. The molecule has 0 aromatic carbocycles. The van der Waals surface area contributed by atoms with Gasteiger partial charge in [-0.1, -0.05) is 0 Å². The van der Waals surface area contributed by atoms with E-state index in [0.717, 1.165) is 6.42 Å². The van der Waals surface area contributed by atoms with Crippen LogP contribution in [0.4, 0.5) is 0 Å². The van der Waals surface area contributed by atoms with E-state index in [2.05, 4.69) is 4.98 Å². The number of amides is 1. The van der Waals surface area contributed by atoms with Crippen molar-refractivity contribution in [2.45, 2.75) is 50.7 Å². The van der Waals surface area contributed by atoms with Crippen LogP contribution in [-0.2, 0) is 19.9 Å². The van der Waals surface area contributed by atoms with E-state index in [9.17, 15) is 14.7 Å². The van der Waals surface area contributed by atoms with Gasteiger partial charge in [-0.05, 0) is 39.5 Å². The summed E-state index contributed by atoms with van der Waals surface area (Å²) < 4.78 is 7.35. The summed E-state index contributed by atoms with van der Waals surface area (Å²) in [5.74, 6) is -0.755. The molecule has 1 aromatic rings. The minimum absolute atomic E-state index is 0.0284. The molecule has 2 aliphatic heterocycles. The van der Waals surface area contributed by atoms with Crippen LogP contribution in [0.2, 0.25) is 0 Å². The van der Waals surface area contributed by atoms with Gasteiger partial charge in [-0.3, -0.25) is 4.79 Å². The topological polar surface area (TPSA) is 84.7 Å². The standard InChI is InChI=1S/C17H25N3O4/c1-16(2)11-13(3-10-24-16)14(21)19-7-4-17(5-8-19,15(22)23)20-9-6-18-12-20/h6,9,12-13H,3-5,7-8,10-11H2,1-2H3,(H,22,23)/t13-/m0/s1. The summed E-state index contributed by atoms with van der Waals surface area (Å²) in [5, 5.41) is 9.73. The fourth-order valence-corrected chi connectivity index (χ4v) is 3.89. The van der Waals surface area contributed by atoms with E-state index < -0.39 is 11.5 Å². The van der Waals surface area contributed by atoms with Crippen molar-refractivity contribution in [1.82, 2.24) is 14.5 Å². The summed E-state index contributed by atoms with van der Waals surface area (Å²) in [5.41, 5.74) is -1.27. The van der Waals surface area contributed by atoms with Crippen LogP contribution < -0.4 is 0 Å². The van der Waals surface area contributed by atoms with Gasteiger partial charge in [0, 0.05) is 38.0 Å². The summed E-state index contributed by atoms with van der Waals surface area (Å²) >= 11 is 0. The predicted molar refractivity (Wildman–Crippen MR) is 86.4 cm³/mol. The quantitative estimate of drug-likeness (QED) is 0.905. The highest BCUT2D eigenvalue weighted by molar-refractivity contribution is 5.81. The Morgan fingerprint density at radius 1 is 1.29 bits per heavy atom. The van der Waals surface area contributed by atoms with Crippen molar-refractivity contribution in [3.05, 3.63) is 18.7 Å². The van der Waals surface area contributed by atoms with Crippen LogP contribution in [0, 0.1) is 5.92 Å². The zero-order valence-corrected chi connectivity index (χ0v) is 14.3. The average Bonchev–Trinajstić information content (AvgIpc) is 3.08. The molecule has 1 amide bonds. The van der Waals surface area contributed by atoms with Crippen LogP contribution in [0.3, 0.4) is 0 Å². The van der Waals surface area contributed by atoms with Crippen LogP contribution in [0.5, 0.6) is 0 Å². The van der Waals surface area contributed by atoms with Gasteiger partial charge in [0.2, 0.25) is 5.91 Å². The summed E-state index contributed by atoms with van der Waals surface area (Å²) in [6.45, 7) is 5.54. The molecule has 0 radical (unpaired) electrons. The van der Waals surface area contributed by atoms with Gasteiger partial charge in [-0.25, -0.2) is 9.78 Å². The number of carbonyl (C=O) groups is 2. The van der Waals surface area contributed by atoms with Gasteiger partial charge >= 0.3 is 5.97 Å². The van der Waals surface area contributed by atoms with Crippen molar-refractivity contribution in [3.63, 3.8) is 0 Å². The van der Waals surface area contributed by atoms with E-state index in [4.69, 9.17) is 4.74 Å². The zero-order valence-electron chi connectivity index (χ0n) is 14.3. The Kier molecular flexibility index (Phi) is 4.38. The monoisotopic (exact) mass is 335 g/mol. The van der Waals surface area contributed by atoms with Gasteiger partial charge < -0.3 is 19.3 Å². The van der Waals surface area contributed by atoms with Crippen molar-refractivity contribution in [1.29, 1.82) is 0 Å². The third-order valence-corrected chi connectivity index (χ3v) is 5.35. The lowest BCUT2D eigenvalue weighted by molar-refractivity contribution is -0.156. The highest BCUT2D eigenvalue weighted by Crippen LogP contribution is 2.34. The Bertz CT molecular complexity index is 603. The fraction of sp³-hybridized carbons (Fsp3) is 0.706. The second kappa shape index (κ2) is 6.20. The van der Waals surface area contributed by atoms with Gasteiger partial charge in [0.05, 0.1) is 11.9 Å². The SMILES string of the molecule is CC1(C)C[C@@H](C(=O)N2CCC(C(=O)O)(n3ccnc3)CC2)CCO1. The van der Waals surface area contributed by atoms with E-state index in [-0.39, 0.29) is 17.4 Å². The van der Waals surface area contributed by atoms with Crippen LogP contribution >= 0.6 is 0 Å². The first-order valence-corrected chi connectivity index (χ1v) is 8.49. The maximum absolute atomic E-state index is 12.8. The summed E-state index contributed by atoms with van der Waals surface area (Å²) in [6.07, 6.45) is 7.08. The molecule has 24 heavy (non-hydrogen) atoms. The van der Waals surface area contributed by atoms with Crippen LogP contribution in [-0.4, -0.2) is 56.7 Å². The first-order chi connectivity index (χ1) is 11.3. The lowest BCUT2D eigenvalue weighted by Gasteiger charge is -2.42. The van der Waals surface area contributed by atoms with E-state index in [0.29, 0.717) is 39.0 Å². The minimum Gasteiger partial charge on any atom is -0.479 e. The number of imidazole rings is 1. The molecule has 2 aliphatic rings. The first-order valence-electron chi connectivity index (χ1n) is 8.49. The third kappa shape index (κ3) is 3.05. The van der Waals surface area contributed by atoms with Crippen LogP contribution in [0.15, 0.2) is 18.7 Å². The molecule has 2 saturated heterocycles. The molecule has 0 aliphatic carbocycles. The van der Waals surface area contributed by atoms with Crippen molar-refractivity contribution in [3.8, 4) is 0 Å². The molecule has 0 spiro atoms. The number of likely N-dealkylation sites (tertiary alicyclic amines) is 1. The number of carboxylic acids is 1. The Labute approximate surface area is 141 Å². The van der Waals surface area contributed by atoms with Crippen molar-refractivity contribution >= 4 is 11.9 Å². The number of rotatable bonds is 3. The molecule has 3 heterocycles. The smallest absolute Gasteiger partial charge is 0.330 e. The largest absolute Gasteiger partial charge is 0.479 e. The Morgan fingerprint density at radius 2 is 2.00 bits per heavy atom. The summed E-state index contributed by atoms with van der Waals surface area (Å²) in [6, 6.07) is 0. The molecule has 132 valence electrons. The molecular weight excluding hydrogens is 310 g/mol. The highest BCUT2D eigenvalue weighted by Gasteiger charge is 2.45. The Hall–Kier alpha value is -1.89. The maximum atomic E-state index is 12.8. The molecule has 1 N–H and O–H groups in total. The first kappa shape index (κ1) is 17.0. The second-order valence-electron chi connectivity index (χ2n) is 7.43. The number of ether oxygens (including phenoxy) is 1. The van der Waals surface area contributed by atoms with Gasteiger partial charge in [-0.15, -0.1) is 0 Å². The molecule has 0 saturated carbocycles. The molecule has 7 nitrogen and oxygen atoms in total. The second-order valence-corrected chi connectivity index (χ2v) is 7.43. The third-order valence-electron chi connectivity index (χ3n) is 5.35. The molecular formula is C17H25N3O4. The molecule has 2 fully saturated rings. The summed E-state index contributed by atoms with van der Waals surface area (Å²) in [7, 11) is 0. The average molecular weight is 335 g/mol. The predicted octanol–water partition coefficient (Wildman–Crippen LogP) is 1.49. The van der Waals surface area contributed by atoms with Gasteiger partial charge in [0.25, 0.3) is 0 Å². The van der Waals surface area contributed by atoms with Gasteiger partial charge in [0.15, 0.2) is 0 Å². The fourth-order valence-electron chi connectivity index (χ4n) is 3.89. The number of carbonyl (C=O) groups excluding carboxylic acids is 1. The lowest BCUT2D eigenvalue weighted by atomic mass is 9.84. The maximum Gasteiger partial charge on any atom is 0.330 e. The zero-order chi connectivity index (χ0) is 17.4. The normalized spacial score (nSPS) is 26.1. The van der Waals surface area contributed by atoms with Gasteiger partial charge in [0.1, 0.15) is 5.54 Å². The van der Waals surface area contributed by atoms with Crippen molar-refractivity contribution in [2.75, 3.05) is 19.7 Å². The Balaban J connectivity index is 1.68. The molecule has 1 aromatic heterocycles. The number of hydrogen-bond acceptors (Lipinski definition) is 4. The number of aromatic nitrogens is 2. The van der Waals surface area contributed by atoms with Crippen LogP contribution in [0.25, 0.3) is 0 Å². The summed E-state index contributed by atoms with van der Waals surface area (Å²) in [4.78, 5) is 30.5. The number of piperidine rings is 1. The highest BCUT2D eigenvalue weighted by atomic mass is 16.5. The van der Waals surface area contributed by atoms with E-state index in [1.807, 2.05) is 18.7 Å². The lowest BCUT2D eigenvalue weighted by Crippen LogP contribution is -2.53. The van der Waals surface area contributed by atoms with Crippen LogP contribution in [0.1, 0.15) is 39.5 Å². The van der Waals surface area contributed by atoms with Crippen molar-refractivity contribution < 1.29 is 19.4 Å². The number of nitrogens with zero attached hydrogens (tertiary/aromatic N) is 3. The van der Waals surface area contributed by atoms with E-state index in [1.165, 1.54) is 0 Å². The molecule has 0 unspecified atom stereocenters. The number of hydrogen-bond donors (Lipinski definition) is 1. The molecule has 7 heteroatoms. The number of carboxylic acid groups (broad SMARTS) is 1. The molecule has 0 bridgehead atoms. The molecule has 3 rings (SSSR count). The minimum atomic E-state index is -0.998. The number of aliphatic carboxylic acids is 1. The van der Waals surface area contributed by atoms with Crippen molar-refractivity contribution in [2.24, 2.45) is 5.92 Å². The molecule has 1 atom stereocenters. The van der Waals surface area contributed by atoms with Gasteiger partial charge in [-0.2, -0.15) is 0 Å². The van der Waals surface area contributed by atoms with E-state index in [1.54, 1.807) is 23.3 Å². The van der Waals surface area contributed by atoms with E-state index >= 15 is 0 Å².